The first-order valence-corrected chi connectivity index (χ1v) is 8.58. The van der Waals surface area contributed by atoms with Crippen LogP contribution in [0.5, 0.6) is 17.2 Å². The van der Waals surface area contributed by atoms with Crippen LogP contribution in [0.15, 0.2) is 66.7 Å². The quantitative estimate of drug-likeness (QED) is 0.414. The molecule has 9 nitrogen and oxygen atoms in total. The first-order valence-electron chi connectivity index (χ1n) is 8.58. The standard InChI is InChI=1S/C21H15NO8/c23-20(24)14-8-15(21(25)26)10-17(9-14)30-16-6-7-18(22(27)28)19(11-16)29-12-13-4-2-1-3-5-13/h1-11H,12H2,(H,23,24)(H,25,26). The largest absolute Gasteiger partial charge is 0.482 e. The van der Waals surface area contributed by atoms with E-state index >= 15 is 0 Å². The Hall–Kier alpha value is -4.40. The van der Waals surface area contributed by atoms with Crippen molar-refractivity contribution in [2.75, 3.05) is 0 Å². The van der Waals surface area contributed by atoms with Crippen molar-refractivity contribution in [3.63, 3.8) is 0 Å². The third kappa shape index (κ3) is 4.90. The summed E-state index contributed by atoms with van der Waals surface area (Å²) in [5, 5.41) is 29.6. The van der Waals surface area contributed by atoms with E-state index in [1.807, 2.05) is 18.2 Å². The van der Waals surface area contributed by atoms with Crippen molar-refractivity contribution < 1.29 is 34.2 Å². The van der Waals surface area contributed by atoms with Gasteiger partial charge in [0, 0.05) is 12.1 Å². The molecule has 2 N–H and O–H groups in total. The summed E-state index contributed by atoms with van der Waals surface area (Å²) in [6, 6.07) is 16.1. The molecule has 0 heterocycles. The van der Waals surface area contributed by atoms with Gasteiger partial charge in [-0.25, -0.2) is 9.59 Å². The molecule has 0 fully saturated rings. The Bertz CT molecular complexity index is 1080. The fraction of sp³-hybridized carbons (Fsp3) is 0.0476. The topological polar surface area (TPSA) is 136 Å². The van der Waals surface area contributed by atoms with Crippen LogP contribution < -0.4 is 9.47 Å². The van der Waals surface area contributed by atoms with Crippen molar-refractivity contribution in [1.82, 2.24) is 0 Å². The molecule has 0 aliphatic rings. The maximum absolute atomic E-state index is 11.3. The normalized spacial score (nSPS) is 10.3. The van der Waals surface area contributed by atoms with Gasteiger partial charge in [0.05, 0.1) is 16.1 Å². The third-order valence-electron chi connectivity index (χ3n) is 4.00. The van der Waals surface area contributed by atoms with E-state index in [9.17, 15) is 19.7 Å². The Morgan fingerprint density at radius 2 is 1.50 bits per heavy atom. The van der Waals surface area contributed by atoms with E-state index in [0.717, 1.165) is 23.8 Å². The van der Waals surface area contributed by atoms with Crippen LogP contribution in [-0.4, -0.2) is 27.1 Å². The number of nitro groups is 1. The first-order chi connectivity index (χ1) is 14.3. The van der Waals surface area contributed by atoms with Crippen LogP contribution in [0, 0.1) is 10.1 Å². The average Bonchev–Trinajstić information content (AvgIpc) is 2.72. The Labute approximate surface area is 169 Å². The Kier molecular flexibility index (Phi) is 5.92. The van der Waals surface area contributed by atoms with Gasteiger partial charge < -0.3 is 19.7 Å². The zero-order valence-corrected chi connectivity index (χ0v) is 15.3. The van der Waals surface area contributed by atoms with Crippen molar-refractivity contribution in [3.05, 3.63) is 93.5 Å². The third-order valence-corrected chi connectivity index (χ3v) is 4.00. The number of carboxylic acid groups (broad SMARTS) is 2. The first kappa shape index (κ1) is 20.3. The van der Waals surface area contributed by atoms with Gasteiger partial charge in [0.2, 0.25) is 5.75 Å². The van der Waals surface area contributed by atoms with Crippen LogP contribution in [0.4, 0.5) is 5.69 Å². The van der Waals surface area contributed by atoms with Crippen molar-refractivity contribution in [2.45, 2.75) is 6.61 Å². The number of rotatable bonds is 8. The van der Waals surface area contributed by atoms with Gasteiger partial charge in [0.15, 0.2) is 0 Å². The molecule has 0 saturated carbocycles. The van der Waals surface area contributed by atoms with Crippen molar-refractivity contribution >= 4 is 17.6 Å². The molecule has 0 spiro atoms. The minimum absolute atomic E-state index is 0.0461. The highest BCUT2D eigenvalue weighted by Crippen LogP contribution is 2.34. The van der Waals surface area contributed by atoms with Crippen LogP contribution in [0.1, 0.15) is 26.3 Å². The molecular weight excluding hydrogens is 394 g/mol. The van der Waals surface area contributed by atoms with Gasteiger partial charge in [-0.3, -0.25) is 10.1 Å². The molecule has 0 radical (unpaired) electrons. The number of nitrogens with zero attached hydrogens (tertiary/aromatic N) is 1. The van der Waals surface area contributed by atoms with E-state index in [1.165, 1.54) is 18.2 Å². The van der Waals surface area contributed by atoms with Crippen LogP contribution in [-0.2, 0) is 6.61 Å². The molecule has 0 amide bonds. The second-order valence-electron chi connectivity index (χ2n) is 6.12. The zero-order valence-electron chi connectivity index (χ0n) is 15.3. The number of benzene rings is 3. The van der Waals surface area contributed by atoms with E-state index in [-0.39, 0.29) is 40.7 Å². The van der Waals surface area contributed by atoms with Gasteiger partial charge in [-0.05, 0) is 29.8 Å². The highest BCUT2D eigenvalue weighted by atomic mass is 16.6. The molecule has 3 aromatic rings. The predicted octanol–water partition coefficient (Wildman–Crippen LogP) is 4.36. The van der Waals surface area contributed by atoms with E-state index in [0.29, 0.717) is 0 Å². The lowest BCUT2D eigenvalue weighted by Gasteiger charge is -2.11. The molecular formula is C21H15NO8. The Morgan fingerprint density at radius 1 is 0.867 bits per heavy atom. The summed E-state index contributed by atoms with van der Waals surface area (Å²) in [4.78, 5) is 33.2. The number of nitro benzene ring substituents is 1. The summed E-state index contributed by atoms with van der Waals surface area (Å²) in [5.41, 5.74) is -0.0121. The van der Waals surface area contributed by atoms with Crippen LogP contribution >= 0.6 is 0 Å². The van der Waals surface area contributed by atoms with Gasteiger partial charge in [-0.15, -0.1) is 0 Å². The minimum atomic E-state index is -1.32. The summed E-state index contributed by atoms with van der Waals surface area (Å²) >= 11 is 0. The summed E-state index contributed by atoms with van der Waals surface area (Å²) in [6.07, 6.45) is 0. The van der Waals surface area contributed by atoms with E-state index in [2.05, 4.69) is 0 Å². The Balaban J connectivity index is 1.90. The SMILES string of the molecule is O=C(O)c1cc(Oc2ccc([N+](=O)[O-])c(OCc3ccccc3)c2)cc(C(=O)O)c1. The molecule has 30 heavy (non-hydrogen) atoms. The zero-order chi connectivity index (χ0) is 21.7. The lowest BCUT2D eigenvalue weighted by Crippen LogP contribution is -2.03. The fourth-order valence-corrected chi connectivity index (χ4v) is 2.60. The molecule has 0 aromatic heterocycles. The summed E-state index contributed by atoms with van der Waals surface area (Å²) in [6.45, 7) is 0.0861. The maximum Gasteiger partial charge on any atom is 0.335 e. The summed E-state index contributed by atoms with van der Waals surface area (Å²) in [7, 11) is 0. The number of hydrogen-bond acceptors (Lipinski definition) is 6. The predicted molar refractivity (Wildman–Crippen MR) is 104 cm³/mol. The van der Waals surface area contributed by atoms with Gasteiger partial charge in [0.25, 0.3) is 0 Å². The number of aromatic carboxylic acids is 2. The highest BCUT2D eigenvalue weighted by molar-refractivity contribution is 5.94. The van der Waals surface area contributed by atoms with E-state index in [4.69, 9.17) is 19.7 Å². The van der Waals surface area contributed by atoms with Crippen LogP contribution in [0.25, 0.3) is 0 Å². The van der Waals surface area contributed by atoms with Crippen molar-refractivity contribution in [3.8, 4) is 17.2 Å². The van der Waals surface area contributed by atoms with Gasteiger partial charge in [-0.2, -0.15) is 0 Å². The van der Waals surface area contributed by atoms with Crippen molar-refractivity contribution in [2.24, 2.45) is 0 Å². The highest BCUT2D eigenvalue weighted by Gasteiger charge is 2.18. The monoisotopic (exact) mass is 409 g/mol. The lowest BCUT2D eigenvalue weighted by molar-refractivity contribution is -0.386. The molecule has 152 valence electrons. The summed E-state index contributed by atoms with van der Waals surface area (Å²) < 4.78 is 11.1. The number of hydrogen-bond donors (Lipinski definition) is 2. The second kappa shape index (κ2) is 8.74. The summed E-state index contributed by atoms with van der Waals surface area (Å²) in [5.74, 6) is -2.62. The van der Waals surface area contributed by atoms with E-state index < -0.39 is 16.9 Å². The van der Waals surface area contributed by atoms with Crippen molar-refractivity contribution in [1.29, 1.82) is 0 Å². The number of ether oxygens (including phenoxy) is 2. The van der Waals surface area contributed by atoms with E-state index in [1.54, 1.807) is 12.1 Å². The maximum atomic E-state index is 11.3. The fourth-order valence-electron chi connectivity index (χ4n) is 2.60. The Morgan fingerprint density at radius 3 is 2.07 bits per heavy atom. The average molecular weight is 409 g/mol. The molecule has 0 saturated heterocycles. The minimum Gasteiger partial charge on any atom is -0.482 e. The molecule has 3 rings (SSSR count). The van der Waals surface area contributed by atoms with Crippen LogP contribution in [0.3, 0.4) is 0 Å². The molecule has 0 bridgehead atoms. The number of carbonyl (C=O) groups is 2. The van der Waals surface area contributed by atoms with Gasteiger partial charge in [0.1, 0.15) is 18.1 Å². The lowest BCUT2D eigenvalue weighted by atomic mass is 10.1. The number of carboxylic acids is 2. The smallest absolute Gasteiger partial charge is 0.335 e. The second-order valence-corrected chi connectivity index (χ2v) is 6.12. The molecule has 0 aliphatic heterocycles. The van der Waals surface area contributed by atoms with Gasteiger partial charge in [-0.1, -0.05) is 30.3 Å². The molecule has 3 aromatic carbocycles. The molecule has 0 atom stereocenters. The van der Waals surface area contributed by atoms with Gasteiger partial charge >= 0.3 is 17.6 Å². The van der Waals surface area contributed by atoms with Crippen LogP contribution in [0.2, 0.25) is 0 Å². The molecule has 9 heteroatoms. The molecule has 0 unspecified atom stereocenters. The molecule has 0 aliphatic carbocycles.